The van der Waals surface area contributed by atoms with Crippen molar-refractivity contribution in [2.45, 2.75) is 6.42 Å². The Kier molecular flexibility index (Phi) is 3.92. The summed E-state index contributed by atoms with van der Waals surface area (Å²) in [5, 5.41) is 11.8. The number of carbonyl (C=O) groups excluding carboxylic acids is 1. The summed E-state index contributed by atoms with van der Waals surface area (Å²) >= 11 is 1.63. The lowest BCUT2D eigenvalue weighted by Crippen LogP contribution is -2.19. The maximum atomic E-state index is 11.7. The van der Waals surface area contributed by atoms with Crippen molar-refractivity contribution in [2.24, 2.45) is 0 Å². The minimum atomic E-state index is -0.311. The molecular formula is C14H13N5OS. The van der Waals surface area contributed by atoms with Crippen molar-refractivity contribution in [1.82, 2.24) is 15.2 Å². The van der Waals surface area contributed by atoms with Crippen LogP contribution in [0.4, 0.5) is 16.3 Å². The molecule has 106 valence electrons. The lowest BCUT2D eigenvalue weighted by Gasteiger charge is -2.06. The number of anilines is 2. The normalized spacial score (nSPS) is 10.3. The van der Waals surface area contributed by atoms with Crippen molar-refractivity contribution in [2.75, 3.05) is 10.6 Å². The van der Waals surface area contributed by atoms with Gasteiger partial charge >= 0.3 is 6.03 Å². The average molecular weight is 299 g/mol. The van der Waals surface area contributed by atoms with Gasteiger partial charge in [-0.3, -0.25) is 15.4 Å². The van der Waals surface area contributed by atoms with E-state index in [2.05, 4.69) is 25.8 Å². The van der Waals surface area contributed by atoms with Gasteiger partial charge in [0.05, 0.1) is 11.7 Å². The molecule has 0 unspecified atom stereocenters. The number of H-pyrrole nitrogens is 1. The van der Waals surface area contributed by atoms with Crippen LogP contribution < -0.4 is 10.6 Å². The second-order valence-electron chi connectivity index (χ2n) is 4.39. The molecule has 0 saturated heterocycles. The number of aromatic nitrogens is 3. The van der Waals surface area contributed by atoms with Gasteiger partial charge in [-0.2, -0.15) is 5.10 Å². The Labute approximate surface area is 125 Å². The van der Waals surface area contributed by atoms with E-state index in [0.717, 1.165) is 12.1 Å². The second-order valence-corrected chi connectivity index (χ2v) is 5.36. The molecule has 2 heterocycles. The van der Waals surface area contributed by atoms with Gasteiger partial charge in [-0.15, -0.1) is 11.3 Å². The van der Waals surface area contributed by atoms with Crippen molar-refractivity contribution in [3.8, 4) is 0 Å². The van der Waals surface area contributed by atoms with Gasteiger partial charge in [0.1, 0.15) is 5.82 Å². The third-order valence-corrected chi connectivity index (χ3v) is 3.60. The zero-order chi connectivity index (χ0) is 14.5. The number of rotatable bonds is 4. The molecule has 0 aliphatic rings. The number of amides is 2. The molecule has 6 nitrogen and oxygen atoms in total. The summed E-state index contributed by atoms with van der Waals surface area (Å²) in [6.45, 7) is 0. The smallest absolute Gasteiger partial charge is 0.308 e. The van der Waals surface area contributed by atoms with Crippen LogP contribution in [0.15, 0.2) is 48.2 Å². The number of nitrogens with zero attached hydrogens (tertiary/aromatic N) is 2. The molecule has 0 fully saturated rings. The molecule has 0 radical (unpaired) electrons. The van der Waals surface area contributed by atoms with Crippen molar-refractivity contribution in [3.05, 3.63) is 58.7 Å². The van der Waals surface area contributed by atoms with Gasteiger partial charge in [-0.25, -0.2) is 4.79 Å². The molecule has 0 atom stereocenters. The highest BCUT2D eigenvalue weighted by Gasteiger charge is 2.04. The van der Waals surface area contributed by atoms with Crippen LogP contribution in [0.1, 0.15) is 10.4 Å². The monoisotopic (exact) mass is 299 g/mol. The Balaban J connectivity index is 1.58. The summed E-state index contributed by atoms with van der Waals surface area (Å²) < 4.78 is 0. The van der Waals surface area contributed by atoms with Gasteiger partial charge in [-0.05, 0) is 17.7 Å². The molecule has 0 aliphatic heterocycles. The Morgan fingerprint density at radius 3 is 2.71 bits per heavy atom. The number of thiazole rings is 1. The Hall–Kier alpha value is -2.67. The van der Waals surface area contributed by atoms with E-state index < -0.39 is 0 Å². The maximum absolute atomic E-state index is 11.7. The lowest BCUT2D eigenvalue weighted by molar-refractivity contribution is 0.262. The SMILES string of the molecule is O=C(Nc1ccc(Cc2cncs2)cc1)Nc1ccn[nH]1. The quantitative estimate of drug-likeness (QED) is 0.692. The number of nitrogens with one attached hydrogen (secondary N) is 3. The molecule has 0 bridgehead atoms. The summed E-state index contributed by atoms with van der Waals surface area (Å²) in [6, 6.07) is 9.11. The Morgan fingerprint density at radius 1 is 1.19 bits per heavy atom. The fourth-order valence-corrected chi connectivity index (χ4v) is 2.48. The van der Waals surface area contributed by atoms with Gasteiger partial charge in [0.25, 0.3) is 0 Å². The summed E-state index contributed by atoms with van der Waals surface area (Å²) in [6.07, 6.45) is 4.30. The molecule has 0 aliphatic carbocycles. The fraction of sp³-hybridized carbons (Fsp3) is 0.0714. The molecule has 3 rings (SSSR count). The third-order valence-electron chi connectivity index (χ3n) is 2.82. The first kappa shape index (κ1) is 13.3. The number of hydrogen-bond acceptors (Lipinski definition) is 4. The predicted octanol–water partition coefficient (Wildman–Crippen LogP) is 3.10. The van der Waals surface area contributed by atoms with Crippen LogP contribution in [0.25, 0.3) is 0 Å². The summed E-state index contributed by atoms with van der Waals surface area (Å²) in [5.41, 5.74) is 3.74. The second kappa shape index (κ2) is 6.19. The van der Waals surface area contributed by atoms with Gasteiger partial charge < -0.3 is 5.32 Å². The van der Waals surface area contributed by atoms with Gasteiger partial charge in [0.15, 0.2) is 0 Å². The zero-order valence-corrected chi connectivity index (χ0v) is 11.9. The zero-order valence-electron chi connectivity index (χ0n) is 11.0. The van der Waals surface area contributed by atoms with Crippen LogP contribution in [-0.2, 0) is 6.42 Å². The third kappa shape index (κ3) is 3.67. The van der Waals surface area contributed by atoms with Crippen LogP contribution in [-0.4, -0.2) is 21.2 Å². The predicted molar refractivity (Wildman–Crippen MR) is 82.6 cm³/mol. The molecule has 0 spiro atoms. The minimum Gasteiger partial charge on any atom is -0.308 e. The van der Waals surface area contributed by atoms with E-state index in [4.69, 9.17) is 0 Å². The standard InChI is InChI=1S/C14H13N5OS/c20-14(18-13-5-6-16-19-13)17-11-3-1-10(2-4-11)7-12-8-15-9-21-12/h1-6,8-9H,7H2,(H3,16,17,18,19,20). The van der Waals surface area contributed by atoms with E-state index in [0.29, 0.717) is 5.82 Å². The highest BCUT2D eigenvalue weighted by molar-refractivity contribution is 7.09. The average Bonchev–Trinajstić information content (AvgIpc) is 3.14. The molecule has 2 amide bonds. The van der Waals surface area contributed by atoms with Gasteiger partial charge in [-0.1, -0.05) is 12.1 Å². The first-order valence-corrected chi connectivity index (χ1v) is 7.21. The Bertz CT molecular complexity index is 692. The van der Waals surface area contributed by atoms with Crippen molar-refractivity contribution in [3.63, 3.8) is 0 Å². The lowest BCUT2D eigenvalue weighted by atomic mass is 10.1. The molecule has 7 heteroatoms. The highest BCUT2D eigenvalue weighted by Crippen LogP contribution is 2.16. The summed E-state index contributed by atoms with van der Waals surface area (Å²) in [5.74, 6) is 0.550. The van der Waals surface area contributed by atoms with Gasteiger partial charge in [0.2, 0.25) is 0 Å². The number of aromatic amines is 1. The number of benzene rings is 1. The summed E-state index contributed by atoms with van der Waals surface area (Å²) in [7, 11) is 0. The minimum absolute atomic E-state index is 0.311. The van der Waals surface area contributed by atoms with Crippen LogP contribution in [0.5, 0.6) is 0 Å². The van der Waals surface area contributed by atoms with E-state index >= 15 is 0 Å². The molecule has 3 N–H and O–H groups in total. The molecule has 21 heavy (non-hydrogen) atoms. The largest absolute Gasteiger partial charge is 0.324 e. The van der Waals surface area contributed by atoms with Crippen LogP contribution in [0.3, 0.4) is 0 Å². The number of hydrogen-bond donors (Lipinski definition) is 3. The molecule has 2 aromatic heterocycles. The topological polar surface area (TPSA) is 82.7 Å². The van der Waals surface area contributed by atoms with E-state index in [-0.39, 0.29) is 6.03 Å². The van der Waals surface area contributed by atoms with E-state index in [9.17, 15) is 4.79 Å². The van der Waals surface area contributed by atoms with Gasteiger partial charge in [0, 0.05) is 29.2 Å². The fourth-order valence-electron chi connectivity index (χ4n) is 1.85. The first-order chi connectivity index (χ1) is 10.3. The number of carbonyl (C=O) groups is 1. The molecule has 3 aromatic rings. The van der Waals surface area contributed by atoms with E-state index in [1.54, 1.807) is 23.6 Å². The van der Waals surface area contributed by atoms with Crippen molar-refractivity contribution >= 4 is 28.9 Å². The van der Waals surface area contributed by atoms with Crippen molar-refractivity contribution in [1.29, 1.82) is 0 Å². The van der Waals surface area contributed by atoms with E-state index in [1.165, 1.54) is 10.4 Å². The van der Waals surface area contributed by atoms with Crippen molar-refractivity contribution < 1.29 is 4.79 Å². The Morgan fingerprint density at radius 2 is 2.05 bits per heavy atom. The maximum Gasteiger partial charge on any atom is 0.324 e. The van der Waals surface area contributed by atoms with Crippen LogP contribution >= 0.6 is 11.3 Å². The van der Waals surface area contributed by atoms with Crippen LogP contribution in [0.2, 0.25) is 0 Å². The molecule has 0 saturated carbocycles. The summed E-state index contributed by atoms with van der Waals surface area (Å²) in [4.78, 5) is 17.0. The molecule has 1 aromatic carbocycles. The van der Waals surface area contributed by atoms with E-state index in [1.807, 2.05) is 36.0 Å². The van der Waals surface area contributed by atoms with Crippen LogP contribution in [0, 0.1) is 0 Å². The highest BCUT2D eigenvalue weighted by atomic mass is 32.1. The number of urea groups is 1. The molecular weight excluding hydrogens is 286 g/mol. The first-order valence-electron chi connectivity index (χ1n) is 6.33.